The molecule has 0 amide bonds. The van der Waals surface area contributed by atoms with Crippen LogP contribution in [0.15, 0.2) is 5.03 Å². The summed E-state index contributed by atoms with van der Waals surface area (Å²) in [6.07, 6.45) is 0.761. The SMILES string of the molecule is CCCn1nc(C)c([N+](=O)[O-])c1SC(C)CC(=O)O. The molecule has 0 aromatic carbocycles. The molecule has 0 aliphatic carbocycles. The molecule has 0 spiro atoms. The summed E-state index contributed by atoms with van der Waals surface area (Å²) in [4.78, 5) is 21.3. The van der Waals surface area contributed by atoms with Crippen molar-refractivity contribution in [3.63, 3.8) is 0 Å². The zero-order valence-electron chi connectivity index (χ0n) is 11.1. The van der Waals surface area contributed by atoms with Crippen molar-refractivity contribution in [2.45, 2.75) is 50.4 Å². The van der Waals surface area contributed by atoms with E-state index in [1.807, 2.05) is 6.92 Å². The Bertz CT molecular complexity index is 487. The fourth-order valence-corrected chi connectivity index (χ4v) is 2.91. The van der Waals surface area contributed by atoms with Gasteiger partial charge in [-0.1, -0.05) is 25.6 Å². The van der Waals surface area contributed by atoms with Gasteiger partial charge in [-0.2, -0.15) is 5.10 Å². The molecule has 0 saturated heterocycles. The first-order valence-corrected chi connectivity index (χ1v) is 6.85. The third-order valence-electron chi connectivity index (χ3n) is 2.44. The lowest BCUT2D eigenvalue weighted by Crippen LogP contribution is -2.08. The van der Waals surface area contributed by atoms with Crippen molar-refractivity contribution in [3.8, 4) is 0 Å². The van der Waals surface area contributed by atoms with Crippen LogP contribution in [0.2, 0.25) is 0 Å². The Hall–Kier alpha value is -1.57. The molecule has 1 unspecified atom stereocenters. The third kappa shape index (κ3) is 3.95. The first-order chi connectivity index (χ1) is 8.86. The molecule has 0 saturated carbocycles. The molecule has 0 aliphatic rings. The normalized spacial score (nSPS) is 12.4. The van der Waals surface area contributed by atoms with E-state index >= 15 is 0 Å². The van der Waals surface area contributed by atoms with E-state index in [0.29, 0.717) is 17.3 Å². The van der Waals surface area contributed by atoms with Gasteiger partial charge in [0, 0.05) is 11.8 Å². The van der Waals surface area contributed by atoms with Gasteiger partial charge in [-0.15, -0.1) is 0 Å². The molecule has 0 bridgehead atoms. The summed E-state index contributed by atoms with van der Waals surface area (Å²) in [6, 6.07) is 0. The lowest BCUT2D eigenvalue weighted by molar-refractivity contribution is -0.388. The highest BCUT2D eigenvalue weighted by atomic mass is 32.2. The Kier molecular flexibility index (Phi) is 5.34. The Morgan fingerprint density at radius 3 is 2.74 bits per heavy atom. The Labute approximate surface area is 115 Å². The lowest BCUT2D eigenvalue weighted by Gasteiger charge is -2.09. The average molecular weight is 287 g/mol. The molecular formula is C11H17N3O4S. The molecule has 8 heteroatoms. The van der Waals surface area contributed by atoms with Gasteiger partial charge in [0.05, 0.1) is 11.3 Å². The molecule has 7 nitrogen and oxygen atoms in total. The van der Waals surface area contributed by atoms with Gasteiger partial charge < -0.3 is 5.11 Å². The number of nitro groups is 1. The molecule has 0 radical (unpaired) electrons. The molecule has 1 aromatic rings. The minimum atomic E-state index is -0.916. The third-order valence-corrected chi connectivity index (χ3v) is 3.64. The number of carbonyl (C=O) groups is 1. The molecular weight excluding hydrogens is 270 g/mol. The summed E-state index contributed by atoms with van der Waals surface area (Å²) in [7, 11) is 0. The molecule has 19 heavy (non-hydrogen) atoms. The van der Waals surface area contributed by atoms with Crippen LogP contribution in [0.4, 0.5) is 5.69 Å². The summed E-state index contributed by atoms with van der Waals surface area (Å²) in [6.45, 7) is 5.87. The molecule has 1 atom stereocenters. The van der Waals surface area contributed by atoms with Crippen molar-refractivity contribution < 1.29 is 14.8 Å². The number of aryl methyl sites for hydroxylation is 2. The summed E-state index contributed by atoms with van der Waals surface area (Å²) >= 11 is 1.19. The predicted molar refractivity (Wildman–Crippen MR) is 71.5 cm³/mol. The maximum Gasteiger partial charge on any atom is 0.323 e. The standard InChI is InChI=1S/C11H17N3O4S/c1-4-5-13-11(19-7(2)6-9(15)16)10(14(17)18)8(3)12-13/h7H,4-6H2,1-3H3,(H,15,16). The molecule has 1 N–H and O–H groups in total. The highest BCUT2D eigenvalue weighted by Gasteiger charge is 2.27. The number of hydrogen-bond donors (Lipinski definition) is 1. The fraction of sp³-hybridized carbons (Fsp3) is 0.636. The van der Waals surface area contributed by atoms with E-state index in [9.17, 15) is 14.9 Å². The van der Waals surface area contributed by atoms with Gasteiger partial charge in [-0.3, -0.25) is 19.6 Å². The monoisotopic (exact) mass is 287 g/mol. The van der Waals surface area contributed by atoms with E-state index in [1.54, 1.807) is 18.5 Å². The van der Waals surface area contributed by atoms with Gasteiger partial charge in [0.1, 0.15) is 5.69 Å². The fourth-order valence-electron chi connectivity index (χ4n) is 1.72. The summed E-state index contributed by atoms with van der Waals surface area (Å²) in [5.41, 5.74) is 0.346. The van der Waals surface area contributed by atoms with Crippen molar-refractivity contribution in [2.75, 3.05) is 0 Å². The number of aromatic nitrogens is 2. The zero-order chi connectivity index (χ0) is 14.6. The highest BCUT2D eigenvalue weighted by molar-refractivity contribution is 8.00. The van der Waals surface area contributed by atoms with E-state index in [4.69, 9.17) is 5.11 Å². The second-order valence-electron chi connectivity index (χ2n) is 4.25. The number of nitrogens with zero attached hydrogens (tertiary/aromatic N) is 3. The van der Waals surface area contributed by atoms with Crippen LogP contribution in [0, 0.1) is 17.0 Å². The van der Waals surface area contributed by atoms with E-state index in [-0.39, 0.29) is 17.4 Å². The smallest absolute Gasteiger partial charge is 0.323 e. The van der Waals surface area contributed by atoms with Gasteiger partial charge in [-0.25, -0.2) is 0 Å². The van der Waals surface area contributed by atoms with Crippen LogP contribution in [-0.4, -0.2) is 31.0 Å². The van der Waals surface area contributed by atoms with Crippen molar-refractivity contribution >= 4 is 23.4 Å². The van der Waals surface area contributed by atoms with E-state index < -0.39 is 10.9 Å². The van der Waals surface area contributed by atoms with Crippen molar-refractivity contribution in [3.05, 3.63) is 15.8 Å². The molecule has 1 aromatic heterocycles. The average Bonchev–Trinajstić information content (AvgIpc) is 2.54. The van der Waals surface area contributed by atoms with Crippen LogP contribution >= 0.6 is 11.8 Å². The molecule has 106 valence electrons. The minimum absolute atomic E-state index is 0.0179. The lowest BCUT2D eigenvalue weighted by atomic mass is 10.3. The first-order valence-electron chi connectivity index (χ1n) is 5.97. The van der Waals surface area contributed by atoms with E-state index in [0.717, 1.165) is 6.42 Å². The number of aliphatic carboxylic acids is 1. The maximum atomic E-state index is 11.1. The van der Waals surface area contributed by atoms with E-state index in [1.165, 1.54) is 11.8 Å². The van der Waals surface area contributed by atoms with Crippen LogP contribution in [0.5, 0.6) is 0 Å². The number of carboxylic acids is 1. The number of thioether (sulfide) groups is 1. The molecule has 0 aliphatic heterocycles. The quantitative estimate of drug-likeness (QED) is 0.470. The summed E-state index contributed by atoms with van der Waals surface area (Å²) in [5.74, 6) is -0.916. The molecule has 0 fully saturated rings. The van der Waals surface area contributed by atoms with Gasteiger partial charge >= 0.3 is 11.7 Å². The largest absolute Gasteiger partial charge is 0.481 e. The second-order valence-corrected chi connectivity index (χ2v) is 5.67. The van der Waals surface area contributed by atoms with Crippen LogP contribution in [0.1, 0.15) is 32.4 Å². The van der Waals surface area contributed by atoms with E-state index in [2.05, 4.69) is 5.10 Å². The Morgan fingerprint density at radius 2 is 2.26 bits per heavy atom. The van der Waals surface area contributed by atoms with Gasteiger partial charge in [0.15, 0.2) is 5.03 Å². The van der Waals surface area contributed by atoms with Crippen LogP contribution in [-0.2, 0) is 11.3 Å². The van der Waals surface area contributed by atoms with Crippen LogP contribution in [0.3, 0.4) is 0 Å². The number of carboxylic acid groups (broad SMARTS) is 1. The van der Waals surface area contributed by atoms with Crippen molar-refractivity contribution in [1.82, 2.24) is 9.78 Å². The minimum Gasteiger partial charge on any atom is -0.481 e. The summed E-state index contributed by atoms with van der Waals surface area (Å²) < 4.78 is 1.59. The first kappa shape index (κ1) is 15.5. The second kappa shape index (κ2) is 6.55. The Morgan fingerprint density at radius 1 is 1.63 bits per heavy atom. The van der Waals surface area contributed by atoms with Gasteiger partial charge in [0.2, 0.25) is 0 Å². The highest BCUT2D eigenvalue weighted by Crippen LogP contribution is 2.35. The van der Waals surface area contributed by atoms with Crippen LogP contribution < -0.4 is 0 Å². The topological polar surface area (TPSA) is 98.3 Å². The predicted octanol–water partition coefficient (Wildman–Crippen LogP) is 2.47. The molecule has 1 rings (SSSR count). The number of hydrogen-bond acceptors (Lipinski definition) is 5. The summed E-state index contributed by atoms with van der Waals surface area (Å²) in [5, 5.41) is 24.2. The van der Waals surface area contributed by atoms with Crippen LogP contribution in [0.25, 0.3) is 0 Å². The Balaban J connectivity index is 3.07. The number of rotatable bonds is 7. The van der Waals surface area contributed by atoms with Crippen molar-refractivity contribution in [1.29, 1.82) is 0 Å². The molecule has 1 heterocycles. The maximum absolute atomic E-state index is 11.1. The van der Waals surface area contributed by atoms with Gasteiger partial charge in [-0.05, 0) is 13.3 Å². The van der Waals surface area contributed by atoms with Crippen molar-refractivity contribution in [2.24, 2.45) is 0 Å². The zero-order valence-corrected chi connectivity index (χ0v) is 11.9. The van der Waals surface area contributed by atoms with Gasteiger partial charge in [0.25, 0.3) is 0 Å².